The number of aromatic nitrogens is 2. The van der Waals surface area contributed by atoms with E-state index in [1.54, 1.807) is 35.9 Å². The number of fused-ring (bicyclic) bond motifs is 3. The van der Waals surface area contributed by atoms with Gasteiger partial charge in [-0.3, -0.25) is 9.69 Å². The van der Waals surface area contributed by atoms with Gasteiger partial charge in [0, 0.05) is 35.3 Å². The van der Waals surface area contributed by atoms with Crippen molar-refractivity contribution in [3.8, 4) is 0 Å². The normalized spacial score (nSPS) is 14.3. The zero-order valence-corrected chi connectivity index (χ0v) is 22.2. The van der Waals surface area contributed by atoms with Crippen LogP contribution in [0, 0.1) is 0 Å². The molecule has 6 nitrogen and oxygen atoms in total. The molecule has 0 fully saturated rings. The van der Waals surface area contributed by atoms with Crippen molar-refractivity contribution in [1.29, 1.82) is 0 Å². The van der Waals surface area contributed by atoms with Crippen LogP contribution in [-0.2, 0) is 17.8 Å². The highest BCUT2D eigenvalue weighted by Crippen LogP contribution is 2.38. The van der Waals surface area contributed by atoms with E-state index in [4.69, 9.17) is 23.2 Å². The number of nitrogens with zero attached hydrogens (tertiary/aromatic N) is 4. The molecule has 3 heterocycles. The van der Waals surface area contributed by atoms with Gasteiger partial charge in [0.2, 0.25) is 5.91 Å². The Labute approximate surface area is 214 Å². The third-order valence-corrected chi connectivity index (χ3v) is 7.91. The minimum atomic E-state index is 0.0494. The Balaban J connectivity index is 1.51. The van der Waals surface area contributed by atoms with E-state index in [1.807, 2.05) is 17.0 Å². The first-order chi connectivity index (χ1) is 16.2. The molecule has 0 aliphatic carbocycles. The summed E-state index contributed by atoms with van der Waals surface area (Å²) < 4.78 is 0. The van der Waals surface area contributed by atoms with Gasteiger partial charge in [0.05, 0.1) is 22.0 Å². The average molecular weight is 519 g/mol. The van der Waals surface area contributed by atoms with Crippen LogP contribution in [0.4, 0.5) is 11.5 Å². The van der Waals surface area contributed by atoms with Gasteiger partial charge >= 0.3 is 0 Å². The number of thiophene rings is 1. The second-order valence-corrected chi connectivity index (χ2v) is 11.2. The Kier molecular flexibility index (Phi) is 7.48. The van der Waals surface area contributed by atoms with Crippen LogP contribution in [0.15, 0.2) is 36.7 Å². The van der Waals surface area contributed by atoms with Gasteiger partial charge in [-0.1, -0.05) is 36.2 Å². The van der Waals surface area contributed by atoms with Crippen molar-refractivity contribution in [3.63, 3.8) is 0 Å². The molecule has 0 unspecified atom stereocenters. The molecular formula is C25H29Cl2N5OS. The third kappa shape index (κ3) is 5.38. The molecule has 34 heavy (non-hydrogen) atoms. The lowest BCUT2D eigenvalue weighted by Gasteiger charge is -2.33. The SMILES string of the molecule is CCN(C/C=C/C(=O)N1CCc2c(sc3ncnc(Nc4ccc(Cl)c(Cl)c4)c23)C1)C(C)(C)C. The monoisotopic (exact) mass is 517 g/mol. The predicted molar refractivity (Wildman–Crippen MR) is 142 cm³/mol. The van der Waals surface area contributed by atoms with E-state index < -0.39 is 0 Å². The Bertz CT molecular complexity index is 1230. The molecule has 3 aromatic rings. The highest BCUT2D eigenvalue weighted by atomic mass is 35.5. The molecular weight excluding hydrogens is 489 g/mol. The molecule has 1 aromatic carbocycles. The number of rotatable bonds is 6. The number of carbonyl (C=O) groups excluding carboxylic acids is 1. The number of carbonyl (C=O) groups is 1. The molecule has 1 amide bonds. The molecule has 0 saturated carbocycles. The fourth-order valence-electron chi connectivity index (χ4n) is 4.18. The van der Waals surface area contributed by atoms with E-state index in [-0.39, 0.29) is 11.4 Å². The Morgan fingerprint density at radius 3 is 2.76 bits per heavy atom. The quantitative estimate of drug-likeness (QED) is 0.388. The Morgan fingerprint density at radius 2 is 2.06 bits per heavy atom. The molecule has 1 N–H and O–H groups in total. The number of nitrogens with one attached hydrogen (secondary N) is 1. The summed E-state index contributed by atoms with van der Waals surface area (Å²) in [5, 5.41) is 5.36. The van der Waals surface area contributed by atoms with Crippen LogP contribution in [0.3, 0.4) is 0 Å². The van der Waals surface area contributed by atoms with Crippen molar-refractivity contribution in [2.24, 2.45) is 0 Å². The van der Waals surface area contributed by atoms with Gasteiger partial charge in [0.1, 0.15) is 17.0 Å². The second-order valence-electron chi connectivity index (χ2n) is 9.28. The molecule has 2 aromatic heterocycles. The first kappa shape index (κ1) is 24.9. The topological polar surface area (TPSA) is 61.4 Å². The van der Waals surface area contributed by atoms with E-state index in [2.05, 4.69) is 47.9 Å². The summed E-state index contributed by atoms with van der Waals surface area (Å²) >= 11 is 13.8. The van der Waals surface area contributed by atoms with Crippen molar-refractivity contribution in [3.05, 3.63) is 57.2 Å². The van der Waals surface area contributed by atoms with Gasteiger partial charge in [-0.25, -0.2) is 9.97 Å². The molecule has 0 radical (unpaired) electrons. The number of anilines is 2. The van der Waals surface area contributed by atoms with E-state index in [0.717, 1.165) is 46.1 Å². The highest BCUT2D eigenvalue weighted by molar-refractivity contribution is 7.19. The number of halogens is 2. The second kappa shape index (κ2) is 10.2. The van der Waals surface area contributed by atoms with Gasteiger partial charge in [-0.15, -0.1) is 11.3 Å². The van der Waals surface area contributed by atoms with Crippen molar-refractivity contribution < 1.29 is 4.79 Å². The van der Waals surface area contributed by atoms with Gasteiger partial charge in [-0.05, 0) is 57.5 Å². The Hall–Kier alpha value is -2.19. The van der Waals surface area contributed by atoms with Crippen LogP contribution in [0.5, 0.6) is 0 Å². The smallest absolute Gasteiger partial charge is 0.246 e. The molecule has 0 spiro atoms. The van der Waals surface area contributed by atoms with Crippen molar-refractivity contribution in [2.75, 3.05) is 25.0 Å². The first-order valence-corrected chi connectivity index (χ1v) is 12.9. The zero-order valence-electron chi connectivity index (χ0n) is 19.9. The van der Waals surface area contributed by atoms with E-state index in [0.29, 0.717) is 23.1 Å². The van der Waals surface area contributed by atoms with Gasteiger partial charge in [0.25, 0.3) is 0 Å². The van der Waals surface area contributed by atoms with E-state index >= 15 is 0 Å². The van der Waals surface area contributed by atoms with Gasteiger partial charge < -0.3 is 10.2 Å². The van der Waals surface area contributed by atoms with Gasteiger partial charge in [-0.2, -0.15) is 0 Å². The van der Waals surface area contributed by atoms with Crippen LogP contribution in [0.1, 0.15) is 38.1 Å². The van der Waals surface area contributed by atoms with Crippen LogP contribution in [-0.4, -0.2) is 50.8 Å². The molecule has 9 heteroatoms. The number of hydrogen-bond donors (Lipinski definition) is 1. The van der Waals surface area contributed by atoms with E-state index in [1.165, 1.54) is 5.56 Å². The maximum atomic E-state index is 12.9. The molecule has 0 bridgehead atoms. The van der Waals surface area contributed by atoms with Crippen molar-refractivity contribution in [1.82, 2.24) is 19.8 Å². The summed E-state index contributed by atoms with van der Waals surface area (Å²) in [5.74, 6) is 0.788. The predicted octanol–water partition coefficient (Wildman–Crippen LogP) is 6.30. The standard InChI is InChI=1S/C25H29Cl2N5OS/c1-5-32(25(2,3)4)11-6-7-21(33)31-12-10-17-20(14-31)34-24-22(17)23(28-15-29-24)30-16-8-9-18(26)19(27)13-16/h6-9,13,15H,5,10-12,14H2,1-4H3,(H,28,29,30)/b7-6+. The Morgan fingerprint density at radius 1 is 1.26 bits per heavy atom. The number of likely N-dealkylation sites (N-methyl/N-ethyl adjacent to an activating group) is 1. The first-order valence-electron chi connectivity index (χ1n) is 11.3. The van der Waals surface area contributed by atoms with Gasteiger partial charge in [0.15, 0.2) is 0 Å². The number of benzene rings is 1. The minimum Gasteiger partial charge on any atom is -0.340 e. The van der Waals surface area contributed by atoms with Crippen LogP contribution >= 0.6 is 34.5 Å². The maximum absolute atomic E-state index is 12.9. The maximum Gasteiger partial charge on any atom is 0.246 e. The molecule has 4 rings (SSSR count). The molecule has 0 saturated heterocycles. The lowest BCUT2D eigenvalue weighted by Crippen LogP contribution is -2.41. The summed E-state index contributed by atoms with van der Waals surface area (Å²) in [6, 6.07) is 5.40. The molecule has 0 atom stereocenters. The van der Waals surface area contributed by atoms with Crippen molar-refractivity contribution >= 4 is 62.2 Å². The van der Waals surface area contributed by atoms with Crippen LogP contribution in [0.2, 0.25) is 10.0 Å². The third-order valence-electron chi connectivity index (χ3n) is 6.05. The van der Waals surface area contributed by atoms with E-state index in [9.17, 15) is 4.79 Å². The van der Waals surface area contributed by atoms with Crippen LogP contribution in [0.25, 0.3) is 10.2 Å². The summed E-state index contributed by atoms with van der Waals surface area (Å²) in [5.41, 5.74) is 2.09. The summed E-state index contributed by atoms with van der Waals surface area (Å²) in [6.07, 6.45) is 6.01. The number of hydrogen-bond acceptors (Lipinski definition) is 6. The summed E-state index contributed by atoms with van der Waals surface area (Å²) in [7, 11) is 0. The molecule has 1 aliphatic rings. The lowest BCUT2D eigenvalue weighted by atomic mass is 10.0. The zero-order chi connectivity index (χ0) is 24.5. The number of amides is 1. The van der Waals surface area contributed by atoms with Crippen molar-refractivity contribution in [2.45, 2.75) is 46.2 Å². The fourth-order valence-corrected chi connectivity index (χ4v) is 5.69. The molecule has 1 aliphatic heterocycles. The average Bonchev–Trinajstić information content (AvgIpc) is 3.17. The minimum absolute atomic E-state index is 0.0494. The van der Waals surface area contributed by atoms with Crippen LogP contribution < -0.4 is 5.32 Å². The highest BCUT2D eigenvalue weighted by Gasteiger charge is 2.26. The summed E-state index contributed by atoms with van der Waals surface area (Å²) in [4.78, 5) is 28.2. The molecule has 180 valence electrons. The summed E-state index contributed by atoms with van der Waals surface area (Å²) in [6.45, 7) is 11.7. The lowest BCUT2D eigenvalue weighted by molar-refractivity contribution is -0.126. The fraction of sp³-hybridized carbons (Fsp3) is 0.400. The largest absolute Gasteiger partial charge is 0.340 e.